The lowest BCUT2D eigenvalue weighted by Gasteiger charge is -2.18. The SMILES string of the molecule is NC(=O)C1CC(=O)N(c2cc(Br)ccc2C(=O)O)C1. The molecule has 0 aliphatic carbocycles. The number of rotatable bonds is 3. The van der Waals surface area contributed by atoms with Crippen LogP contribution in [0.5, 0.6) is 0 Å². The first-order valence-electron chi connectivity index (χ1n) is 5.52. The molecule has 1 fully saturated rings. The zero-order valence-corrected chi connectivity index (χ0v) is 11.4. The number of primary amides is 1. The number of hydrogen-bond acceptors (Lipinski definition) is 3. The molecular formula is C12H11BrN2O4. The van der Waals surface area contributed by atoms with Crippen molar-refractivity contribution in [3.63, 3.8) is 0 Å². The molecule has 3 N–H and O–H groups in total. The monoisotopic (exact) mass is 326 g/mol. The van der Waals surface area contributed by atoms with Crippen molar-refractivity contribution in [1.29, 1.82) is 0 Å². The normalized spacial score (nSPS) is 18.7. The molecule has 6 nitrogen and oxygen atoms in total. The van der Waals surface area contributed by atoms with Gasteiger partial charge in [-0.05, 0) is 18.2 Å². The van der Waals surface area contributed by atoms with E-state index in [0.29, 0.717) is 4.47 Å². The molecule has 1 atom stereocenters. The second-order valence-electron chi connectivity index (χ2n) is 4.27. The van der Waals surface area contributed by atoms with Crippen LogP contribution in [0.2, 0.25) is 0 Å². The molecule has 1 aliphatic rings. The number of carboxylic acids is 1. The minimum Gasteiger partial charge on any atom is -0.478 e. The zero-order valence-electron chi connectivity index (χ0n) is 9.80. The standard InChI is InChI=1S/C12H11BrN2O4/c13-7-1-2-8(12(18)19)9(4-7)15-5-6(11(14)17)3-10(15)16/h1-2,4,6H,3,5H2,(H2,14,17)(H,18,19). The van der Waals surface area contributed by atoms with Crippen LogP contribution < -0.4 is 10.6 Å². The second kappa shape index (κ2) is 5.00. The number of amides is 2. The van der Waals surface area contributed by atoms with Crippen LogP contribution in [-0.4, -0.2) is 29.4 Å². The van der Waals surface area contributed by atoms with E-state index in [0.717, 1.165) is 0 Å². The summed E-state index contributed by atoms with van der Waals surface area (Å²) >= 11 is 3.23. The van der Waals surface area contributed by atoms with Gasteiger partial charge in [-0.3, -0.25) is 9.59 Å². The molecule has 1 heterocycles. The topological polar surface area (TPSA) is 101 Å². The fourth-order valence-electron chi connectivity index (χ4n) is 2.04. The average Bonchev–Trinajstić information content (AvgIpc) is 2.71. The van der Waals surface area contributed by atoms with Crippen molar-refractivity contribution in [3.8, 4) is 0 Å². The average molecular weight is 327 g/mol. The Kier molecular flexibility index (Phi) is 3.57. The molecule has 1 aliphatic heterocycles. The van der Waals surface area contributed by atoms with Crippen LogP contribution >= 0.6 is 15.9 Å². The number of nitrogens with two attached hydrogens (primary N) is 1. The Hall–Kier alpha value is -1.89. The highest BCUT2D eigenvalue weighted by Gasteiger charge is 2.35. The smallest absolute Gasteiger partial charge is 0.337 e. The predicted octanol–water partition coefficient (Wildman–Crippen LogP) is 0.985. The highest BCUT2D eigenvalue weighted by Crippen LogP contribution is 2.30. The molecule has 1 aromatic rings. The van der Waals surface area contributed by atoms with Crippen LogP contribution in [0.25, 0.3) is 0 Å². The van der Waals surface area contributed by atoms with Crippen molar-refractivity contribution in [3.05, 3.63) is 28.2 Å². The van der Waals surface area contributed by atoms with Crippen LogP contribution in [-0.2, 0) is 9.59 Å². The van der Waals surface area contributed by atoms with Gasteiger partial charge in [0.05, 0.1) is 17.2 Å². The number of halogens is 1. The summed E-state index contributed by atoms with van der Waals surface area (Å²) in [4.78, 5) is 35.5. The first-order valence-corrected chi connectivity index (χ1v) is 6.32. The molecule has 1 aromatic carbocycles. The molecule has 2 rings (SSSR count). The van der Waals surface area contributed by atoms with Gasteiger partial charge in [0.25, 0.3) is 0 Å². The molecule has 2 amide bonds. The van der Waals surface area contributed by atoms with Crippen molar-refractivity contribution in [2.24, 2.45) is 11.7 Å². The van der Waals surface area contributed by atoms with Gasteiger partial charge < -0.3 is 15.7 Å². The lowest BCUT2D eigenvalue weighted by atomic mass is 10.1. The van der Waals surface area contributed by atoms with E-state index in [1.807, 2.05) is 0 Å². The maximum atomic E-state index is 11.9. The van der Waals surface area contributed by atoms with Crippen LogP contribution in [0.3, 0.4) is 0 Å². The van der Waals surface area contributed by atoms with Crippen LogP contribution in [0.15, 0.2) is 22.7 Å². The van der Waals surface area contributed by atoms with Gasteiger partial charge in [-0.2, -0.15) is 0 Å². The van der Waals surface area contributed by atoms with Crippen LogP contribution in [0.4, 0.5) is 5.69 Å². The minimum absolute atomic E-state index is 0.0148. The Morgan fingerprint density at radius 3 is 2.63 bits per heavy atom. The number of carbonyl (C=O) groups excluding carboxylic acids is 2. The number of benzene rings is 1. The second-order valence-corrected chi connectivity index (χ2v) is 5.19. The third kappa shape index (κ3) is 2.60. The van der Waals surface area contributed by atoms with Gasteiger partial charge in [0.1, 0.15) is 0 Å². The number of anilines is 1. The summed E-state index contributed by atoms with van der Waals surface area (Å²) in [5.41, 5.74) is 5.47. The van der Waals surface area contributed by atoms with E-state index in [4.69, 9.17) is 10.8 Å². The quantitative estimate of drug-likeness (QED) is 0.864. The zero-order chi connectivity index (χ0) is 14.2. The highest BCUT2D eigenvalue weighted by atomic mass is 79.9. The molecule has 7 heteroatoms. The minimum atomic E-state index is -1.13. The van der Waals surface area contributed by atoms with Crippen molar-refractivity contribution in [1.82, 2.24) is 0 Å². The van der Waals surface area contributed by atoms with Crippen LogP contribution in [0, 0.1) is 5.92 Å². The van der Waals surface area contributed by atoms with E-state index in [-0.39, 0.29) is 30.1 Å². The number of nitrogens with zero attached hydrogens (tertiary/aromatic N) is 1. The first kappa shape index (κ1) is 13.5. The summed E-state index contributed by atoms with van der Waals surface area (Å²) in [5.74, 6) is -2.56. The molecule has 19 heavy (non-hydrogen) atoms. The lowest BCUT2D eigenvalue weighted by molar-refractivity contribution is -0.123. The molecule has 1 unspecified atom stereocenters. The van der Waals surface area contributed by atoms with E-state index in [1.54, 1.807) is 12.1 Å². The molecule has 0 radical (unpaired) electrons. The van der Waals surface area contributed by atoms with Gasteiger partial charge in [0.2, 0.25) is 11.8 Å². The Morgan fingerprint density at radius 1 is 1.42 bits per heavy atom. The van der Waals surface area contributed by atoms with Crippen molar-refractivity contribution < 1.29 is 19.5 Å². The molecule has 0 spiro atoms. The van der Waals surface area contributed by atoms with Crippen molar-refractivity contribution in [2.75, 3.05) is 11.4 Å². The van der Waals surface area contributed by atoms with Gasteiger partial charge in [-0.15, -0.1) is 0 Å². The van der Waals surface area contributed by atoms with E-state index in [2.05, 4.69) is 15.9 Å². The van der Waals surface area contributed by atoms with E-state index in [9.17, 15) is 14.4 Å². The molecule has 100 valence electrons. The van der Waals surface area contributed by atoms with Gasteiger partial charge in [0, 0.05) is 17.4 Å². The Balaban J connectivity index is 2.42. The summed E-state index contributed by atoms with van der Waals surface area (Å²) in [5, 5.41) is 9.13. The number of hydrogen-bond donors (Lipinski definition) is 2. The summed E-state index contributed by atoms with van der Waals surface area (Å²) < 4.78 is 0.655. The van der Waals surface area contributed by atoms with E-state index in [1.165, 1.54) is 11.0 Å². The van der Waals surface area contributed by atoms with E-state index >= 15 is 0 Å². The molecular weight excluding hydrogens is 316 g/mol. The highest BCUT2D eigenvalue weighted by molar-refractivity contribution is 9.10. The first-order chi connectivity index (χ1) is 8.90. The number of carboxylic acid groups (broad SMARTS) is 1. The Labute approximate surface area is 117 Å². The fraction of sp³-hybridized carbons (Fsp3) is 0.250. The molecule has 0 bridgehead atoms. The number of carbonyl (C=O) groups is 3. The van der Waals surface area contributed by atoms with Gasteiger partial charge in [-0.25, -0.2) is 4.79 Å². The van der Waals surface area contributed by atoms with Gasteiger partial charge >= 0.3 is 5.97 Å². The van der Waals surface area contributed by atoms with E-state index < -0.39 is 17.8 Å². The molecule has 1 saturated heterocycles. The molecule has 0 aromatic heterocycles. The largest absolute Gasteiger partial charge is 0.478 e. The van der Waals surface area contributed by atoms with Crippen LogP contribution in [0.1, 0.15) is 16.8 Å². The van der Waals surface area contributed by atoms with Gasteiger partial charge in [-0.1, -0.05) is 15.9 Å². The number of aromatic carboxylic acids is 1. The summed E-state index contributed by atoms with van der Waals surface area (Å²) in [6.07, 6.45) is 0.0148. The lowest BCUT2D eigenvalue weighted by Crippen LogP contribution is -2.29. The third-order valence-electron chi connectivity index (χ3n) is 3.01. The summed E-state index contributed by atoms with van der Waals surface area (Å²) in [7, 11) is 0. The maximum absolute atomic E-state index is 11.9. The fourth-order valence-corrected chi connectivity index (χ4v) is 2.39. The predicted molar refractivity (Wildman–Crippen MR) is 70.8 cm³/mol. The molecule has 0 saturated carbocycles. The maximum Gasteiger partial charge on any atom is 0.337 e. The van der Waals surface area contributed by atoms with Crippen molar-refractivity contribution >= 4 is 39.4 Å². The van der Waals surface area contributed by atoms with Crippen molar-refractivity contribution in [2.45, 2.75) is 6.42 Å². The van der Waals surface area contributed by atoms with Gasteiger partial charge in [0.15, 0.2) is 0 Å². The third-order valence-corrected chi connectivity index (χ3v) is 3.50. The summed E-state index contributed by atoms with van der Waals surface area (Å²) in [6.45, 7) is 0.116. The Bertz CT molecular complexity index is 573. The summed E-state index contributed by atoms with van der Waals surface area (Å²) in [6, 6.07) is 4.54. The Morgan fingerprint density at radius 2 is 2.11 bits per heavy atom.